The third kappa shape index (κ3) is 4.48. The molecular weight excluding hydrogens is 414 g/mol. The Labute approximate surface area is 193 Å². The number of amides is 1. The van der Waals surface area contributed by atoms with Crippen LogP contribution in [0.1, 0.15) is 23.6 Å². The molecule has 0 saturated heterocycles. The standard InChI is InChI=1S/C28H27NO4/c1-18(14-26(30)29-16-21-12-8-9-13-25(21)31-3)22-15-23-24(20-10-6-5-7-11-20)17-33-28(23)19(2)27(22)32-4/h5-15,17H,16H2,1-4H3,(H,29,30)/b18-14+. The molecule has 0 radical (unpaired) electrons. The van der Waals surface area contributed by atoms with Gasteiger partial charge in [-0.15, -0.1) is 0 Å². The van der Waals surface area contributed by atoms with Gasteiger partial charge >= 0.3 is 0 Å². The highest BCUT2D eigenvalue weighted by molar-refractivity contribution is 6.01. The third-order valence-electron chi connectivity index (χ3n) is 5.75. The van der Waals surface area contributed by atoms with Crippen molar-refractivity contribution >= 4 is 22.4 Å². The second kappa shape index (κ2) is 9.65. The number of carbonyl (C=O) groups is 1. The van der Waals surface area contributed by atoms with Crippen molar-refractivity contribution in [3.8, 4) is 22.6 Å². The molecule has 4 rings (SSSR count). The number of ether oxygens (including phenoxy) is 2. The van der Waals surface area contributed by atoms with Gasteiger partial charge in [-0.25, -0.2) is 0 Å². The zero-order valence-electron chi connectivity index (χ0n) is 19.3. The Bertz CT molecular complexity index is 1320. The van der Waals surface area contributed by atoms with Crippen molar-refractivity contribution in [2.45, 2.75) is 20.4 Å². The van der Waals surface area contributed by atoms with Gasteiger partial charge in [-0.3, -0.25) is 4.79 Å². The summed E-state index contributed by atoms with van der Waals surface area (Å²) in [6.07, 6.45) is 3.37. The molecule has 0 saturated carbocycles. The number of allylic oxidation sites excluding steroid dienone is 1. The van der Waals surface area contributed by atoms with Crippen LogP contribution in [0.5, 0.6) is 11.5 Å². The van der Waals surface area contributed by atoms with Gasteiger partial charge in [0.2, 0.25) is 5.91 Å². The van der Waals surface area contributed by atoms with Crippen LogP contribution in [0.25, 0.3) is 27.7 Å². The molecule has 168 valence electrons. The maximum atomic E-state index is 12.7. The SMILES string of the molecule is COc1ccccc1CNC(=O)/C=C(\C)c1cc2c(-c3ccccc3)coc2c(C)c1OC. The fourth-order valence-corrected chi connectivity index (χ4v) is 4.07. The molecule has 1 aromatic heterocycles. The molecule has 1 amide bonds. The predicted octanol–water partition coefficient (Wildman–Crippen LogP) is 6.15. The molecule has 5 heteroatoms. The molecular formula is C28H27NO4. The molecule has 0 unspecified atom stereocenters. The molecule has 0 fully saturated rings. The molecule has 1 N–H and O–H groups in total. The summed E-state index contributed by atoms with van der Waals surface area (Å²) in [5.41, 5.74) is 6.33. The lowest BCUT2D eigenvalue weighted by molar-refractivity contribution is -0.116. The van der Waals surface area contributed by atoms with E-state index < -0.39 is 0 Å². The average molecular weight is 442 g/mol. The first-order valence-corrected chi connectivity index (χ1v) is 10.8. The Morgan fingerprint density at radius 3 is 2.48 bits per heavy atom. The Morgan fingerprint density at radius 2 is 1.76 bits per heavy atom. The predicted molar refractivity (Wildman–Crippen MR) is 131 cm³/mol. The van der Waals surface area contributed by atoms with Crippen molar-refractivity contribution < 1.29 is 18.7 Å². The van der Waals surface area contributed by atoms with Gasteiger partial charge < -0.3 is 19.2 Å². The molecule has 4 aromatic rings. The molecule has 0 aliphatic rings. The van der Waals surface area contributed by atoms with Crippen LogP contribution < -0.4 is 14.8 Å². The molecule has 0 aliphatic carbocycles. The number of nitrogens with one attached hydrogen (secondary N) is 1. The molecule has 3 aromatic carbocycles. The van der Waals surface area contributed by atoms with E-state index in [-0.39, 0.29) is 5.91 Å². The van der Waals surface area contributed by atoms with Crippen LogP contribution in [0.4, 0.5) is 0 Å². The number of methoxy groups -OCH3 is 2. The molecule has 0 aliphatic heterocycles. The summed E-state index contributed by atoms with van der Waals surface area (Å²) < 4.78 is 17.0. The highest BCUT2D eigenvalue weighted by Gasteiger charge is 2.18. The number of aryl methyl sites for hydroxylation is 1. The van der Waals surface area contributed by atoms with E-state index in [9.17, 15) is 4.79 Å². The number of benzene rings is 3. The number of carbonyl (C=O) groups excluding carboxylic acids is 1. The molecule has 1 heterocycles. The van der Waals surface area contributed by atoms with Crippen LogP contribution in [-0.2, 0) is 11.3 Å². The van der Waals surface area contributed by atoms with E-state index >= 15 is 0 Å². The van der Waals surface area contributed by atoms with Gasteiger partial charge in [0, 0.05) is 40.3 Å². The minimum absolute atomic E-state index is 0.186. The summed E-state index contributed by atoms with van der Waals surface area (Å²) in [6.45, 7) is 4.26. The van der Waals surface area contributed by atoms with Crippen LogP contribution in [0.3, 0.4) is 0 Å². The summed E-state index contributed by atoms with van der Waals surface area (Å²) in [5.74, 6) is 1.26. The second-order valence-corrected chi connectivity index (χ2v) is 7.83. The Balaban J connectivity index is 1.67. The van der Waals surface area contributed by atoms with Gasteiger partial charge in [0.15, 0.2) is 0 Å². The summed E-state index contributed by atoms with van der Waals surface area (Å²) in [4.78, 5) is 12.7. The zero-order chi connectivity index (χ0) is 23.4. The summed E-state index contributed by atoms with van der Waals surface area (Å²) in [5, 5.41) is 3.92. The van der Waals surface area contributed by atoms with Gasteiger partial charge in [-0.2, -0.15) is 0 Å². The van der Waals surface area contributed by atoms with Crippen molar-refractivity contribution in [3.05, 3.63) is 89.7 Å². The van der Waals surface area contributed by atoms with E-state index in [1.54, 1.807) is 26.6 Å². The number of hydrogen-bond acceptors (Lipinski definition) is 4. The monoisotopic (exact) mass is 441 g/mol. The molecule has 0 spiro atoms. The fraction of sp³-hybridized carbons (Fsp3) is 0.179. The van der Waals surface area contributed by atoms with Gasteiger partial charge in [-0.05, 0) is 37.1 Å². The second-order valence-electron chi connectivity index (χ2n) is 7.83. The van der Waals surface area contributed by atoms with Crippen molar-refractivity contribution in [1.29, 1.82) is 0 Å². The maximum absolute atomic E-state index is 12.7. The van der Waals surface area contributed by atoms with Crippen molar-refractivity contribution in [3.63, 3.8) is 0 Å². The van der Waals surface area contributed by atoms with E-state index in [4.69, 9.17) is 13.9 Å². The van der Waals surface area contributed by atoms with E-state index in [0.29, 0.717) is 12.3 Å². The molecule has 5 nitrogen and oxygen atoms in total. The first kappa shape index (κ1) is 22.2. The summed E-state index contributed by atoms with van der Waals surface area (Å²) in [6, 6.07) is 19.8. The highest BCUT2D eigenvalue weighted by Crippen LogP contribution is 2.40. The topological polar surface area (TPSA) is 60.7 Å². The molecule has 33 heavy (non-hydrogen) atoms. The number of hydrogen-bond donors (Lipinski definition) is 1. The van der Waals surface area contributed by atoms with Crippen LogP contribution in [0, 0.1) is 6.92 Å². The van der Waals surface area contributed by atoms with E-state index in [0.717, 1.165) is 50.1 Å². The minimum atomic E-state index is -0.186. The minimum Gasteiger partial charge on any atom is -0.496 e. The Kier molecular flexibility index (Phi) is 6.50. The Morgan fingerprint density at radius 1 is 1.03 bits per heavy atom. The van der Waals surface area contributed by atoms with Crippen molar-refractivity contribution in [2.24, 2.45) is 0 Å². The van der Waals surface area contributed by atoms with E-state index in [1.807, 2.05) is 62.4 Å². The quantitative estimate of drug-likeness (QED) is 0.350. The maximum Gasteiger partial charge on any atom is 0.244 e. The zero-order valence-corrected chi connectivity index (χ0v) is 19.3. The lowest BCUT2D eigenvalue weighted by atomic mass is 9.96. The summed E-state index contributed by atoms with van der Waals surface area (Å²) >= 11 is 0. The van der Waals surface area contributed by atoms with E-state index in [1.165, 1.54) is 0 Å². The van der Waals surface area contributed by atoms with Crippen molar-refractivity contribution in [2.75, 3.05) is 14.2 Å². The first-order chi connectivity index (χ1) is 16.0. The number of furan rings is 1. The van der Waals surface area contributed by atoms with Gasteiger partial charge in [0.25, 0.3) is 0 Å². The van der Waals surface area contributed by atoms with Gasteiger partial charge in [-0.1, -0.05) is 48.5 Å². The fourth-order valence-electron chi connectivity index (χ4n) is 4.07. The van der Waals surface area contributed by atoms with Crippen LogP contribution in [-0.4, -0.2) is 20.1 Å². The van der Waals surface area contributed by atoms with Gasteiger partial charge in [0.1, 0.15) is 17.1 Å². The lowest BCUT2D eigenvalue weighted by Gasteiger charge is -2.13. The smallest absolute Gasteiger partial charge is 0.244 e. The Hall–Kier alpha value is -3.99. The number of para-hydroxylation sites is 1. The normalized spacial score (nSPS) is 11.5. The first-order valence-electron chi connectivity index (χ1n) is 10.8. The summed E-state index contributed by atoms with van der Waals surface area (Å²) in [7, 11) is 3.25. The highest BCUT2D eigenvalue weighted by atomic mass is 16.5. The van der Waals surface area contributed by atoms with Crippen LogP contribution in [0.2, 0.25) is 0 Å². The van der Waals surface area contributed by atoms with Gasteiger partial charge in [0.05, 0.1) is 20.5 Å². The molecule has 0 bridgehead atoms. The lowest BCUT2D eigenvalue weighted by Crippen LogP contribution is -2.21. The largest absolute Gasteiger partial charge is 0.496 e. The van der Waals surface area contributed by atoms with Crippen LogP contribution in [0.15, 0.2) is 77.4 Å². The van der Waals surface area contributed by atoms with E-state index in [2.05, 4.69) is 17.4 Å². The number of fused-ring (bicyclic) bond motifs is 1. The number of rotatable bonds is 7. The molecule has 0 atom stereocenters. The average Bonchev–Trinajstić information content (AvgIpc) is 3.27. The third-order valence-corrected chi connectivity index (χ3v) is 5.75. The van der Waals surface area contributed by atoms with Crippen molar-refractivity contribution in [1.82, 2.24) is 5.32 Å². The van der Waals surface area contributed by atoms with Crippen LogP contribution >= 0.6 is 0 Å².